The first kappa shape index (κ1) is 13.5. The van der Waals surface area contributed by atoms with Crippen LogP contribution in [0, 0.1) is 0 Å². The number of hydrogen-bond acceptors (Lipinski definition) is 3. The van der Waals surface area contributed by atoms with Crippen molar-refractivity contribution in [3.63, 3.8) is 0 Å². The van der Waals surface area contributed by atoms with Gasteiger partial charge in [0, 0.05) is 13.7 Å². The van der Waals surface area contributed by atoms with Crippen molar-refractivity contribution in [3.05, 3.63) is 0 Å². The maximum absolute atomic E-state index is 11.9. The fourth-order valence-electron chi connectivity index (χ4n) is 2.23. The van der Waals surface area contributed by atoms with Gasteiger partial charge in [-0.15, -0.1) is 0 Å². The summed E-state index contributed by atoms with van der Waals surface area (Å²) in [5.74, 6) is 0.0409. The van der Waals surface area contributed by atoms with Gasteiger partial charge in [-0.25, -0.2) is 0 Å². The molecule has 1 aliphatic rings. The van der Waals surface area contributed by atoms with E-state index in [1.807, 2.05) is 13.8 Å². The van der Waals surface area contributed by atoms with Crippen molar-refractivity contribution < 1.29 is 9.53 Å². The van der Waals surface area contributed by atoms with Crippen molar-refractivity contribution in [1.82, 2.24) is 5.32 Å². The number of carbonyl (C=O) groups is 1. The Morgan fingerprint density at radius 3 is 2.44 bits per heavy atom. The highest BCUT2D eigenvalue weighted by Crippen LogP contribution is 2.29. The van der Waals surface area contributed by atoms with Gasteiger partial charge in [-0.05, 0) is 26.7 Å². The van der Waals surface area contributed by atoms with Gasteiger partial charge >= 0.3 is 0 Å². The maximum Gasteiger partial charge on any atom is 0.223 e. The average Bonchev–Trinajstić information content (AvgIpc) is 2.66. The van der Waals surface area contributed by atoms with Crippen molar-refractivity contribution in [1.29, 1.82) is 0 Å². The Balaban J connectivity index is 2.50. The summed E-state index contributed by atoms with van der Waals surface area (Å²) >= 11 is 0. The van der Waals surface area contributed by atoms with E-state index in [-0.39, 0.29) is 11.4 Å². The van der Waals surface area contributed by atoms with E-state index in [1.54, 1.807) is 7.11 Å². The summed E-state index contributed by atoms with van der Waals surface area (Å²) in [6, 6.07) is 0. The van der Waals surface area contributed by atoms with Crippen LogP contribution in [0.1, 0.15) is 46.0 Å². The molecule has 0 atom stereocenters. The number of nitrogens with one attached hydrogen (secondary N) is 1. The number of rotatable bonds is 5. The summed E-state index contributed by atoms with van der Waals surface area (Å²) in [7, 11) is 1.63. The molecular weight excluding hydrogens is 204 g/mol. The van der Waals surface area contributed by atoms with E-state index < -0.39 is 5.60 Å². The Morgan fingerprint density at radius 1 is 1.44 bits per heavy atom. The molecule has 0 aliphatic heterocycles. The summed E-state index contributed by atoms with van der Waals surface area (Å²) in [6.07, 6.45) is 4.70. The zero-order valence-electron chi connectivity index (χ0n) is 10.6. The number of ether oxygens (including phenoxy) is 1. The van der Waals surface area contributed by atoms with Gasteiger partial charge in [-0.3, -0.25) is 4.79 Å². The van der Waals surface area contributed by atoms with E-state index in [9.17, 15) is 4.79 Å². The second-order valence-corrected chi connectivity index (χ2v) is 5.38. The third kappa shape index (κ3) is 3.46. The Labute approximate surface area is 97.9 Å². The minimum Gasteiger partial charge on any atom is -0.378 e. The van der Waals surface area contributed by atoms with Gasteiger partial charge in [0.05, 0.1) is 17.6 Å². The van der Waals surface area contributed by atoms with Crippen molar-refractivity contribution in [3.8, 4) is 0 Å². The van der Waals surface area contributed by atoms with Crippen LogP contribution in [-0.4, -0.2) is 30.7 Å². The quantitative estimate of drug-likeness (QED) is 0.743. The van der Waals surface area contributed by atoms with Crippen LogP contribution < -0.4 is 11.1 Å². The highest BCUT2D eigenvalue weighted by molar-refractivity contribution is 5.77. The van der Waals surface area contributed by atoms with Gasteiger partial charge in [0.25, 0.3) is 0 Å². The summed E-state index contributed by atoms with van der Waals surface area (Å²) in [5, 5.41) is 3.09. The first-order valence-electron chi connectivity index (χ1n) is 5.99. The molecule has 1 saturated carbocycles. The fraction of sp³-hybridized carbons (Fsp3) is 0.917. The molecule has 94 valence electrons. The highest BCUT2D eigenvalue weighted by atomic mass is 16.5. The van der Waals surface area contributed by atoms with Gasteiger partial charge in [0.1, 0.15) is 0 Å². The average molecular weight is 228 g/mol. The van der Waals surface area contributed by atoms with Crippen LogP contribution in [0.4, 0.5) is 0 Å². The van der Waals surface area contributed by atoms with Crippen molar-refractivity contribution in [2.75, 3.05) is 13.7 Å². The molecule has 1 fully saturated rings. The van der Waals surface area contributed by atoms with E-state index in [0.717, 1.165) is 25.7 Å². The molecule has 16 heavy (non-hydrogen) atoms. The molecule has 3 N–H and O–H groups in total. The standard InChI is InChI=1S/C12H24N2O2/c1-11(2,16-3)8-10(15)14-12(9-13)6-4-5-7-12/h4-9,13H2,1-3H3,(H,14,15). The lowest BCUT2D eigenvalue weighted by Gasteiger charge is -2.31. The lowest BCUT2D eigenvalue weighted by molar-refractivity contribution is -0.128. The minimum absolute atomic E-state index is 0.0409. The number of amides is 1. The molecule has 0 radical (unpaired) electrons. The zero-order valence-corrected chi connectivity index (χ0v) is 10.6. The molecule has 0 aromatic heterocycles. The van der Waals surface area contributed by atoms with Crippen molar-refractivity contribution >= 4 is 5.91 Å². The Bertz CT molecular complexity index is 245. The summed E-state index contributed by atoms with van der Waals surface area (Å²) in [5.41, 5.74) is 5.21. The normalized spacial score (nSPS) is 19.8. The number of hydrogen-bond donors (Lipinski definition) is 2. The molecule has 0 bridgehead atoms. The third-order valence-electron chi connectivity index (χ3n) is 3.49. The molecule has 4 nitrogen and oxygen atoms in total. The second kappa shape index (κ2) is 5.15. The highest BCUT2D eigenvalue weighted by Gasteiger charge is 2.35. The third-order valence-corrected chi connectivity index (χ3v) is 3.49. The van der Waals surface area contributed by atoms with E-state index in [0.29, 0.717) is 13.0 Å². The molecule has 0 unspecified atom stereocenters. The summed E-state index contributed by atoms with van der Waals surface area (Å²) in [6.45, 7) is 4.36. The number of nitrogens with two attached hydrogens (primary N) is 1. The molecule has 1 rings (SSSR count). The molecule has 0 aromatic rings. The first-order valence-corrected chi connectivity index (χ1v) is 5.99. The minimum atomic E-state index is -0.404. The number of carbonyl (C=O) groups excluding carboxylic acids is 1. The molecular formula is C12H24N2O2. The first-order chi connectivity index (χ1) is 7.43. The fourth-order valence-corrected chi connectivity index (χ4v) is 2.23. The van der Waals surface area contributed by atoms with E-state index in [2.05, 4.69) is 5.32 Å². The van der Waals surface area contributed by atoms with Crippen LogP contribution in [0.2, 0.25) is 0 Å². The van der Waals surface area contributed by atoms with Gasteiger partial charge in [0.15, 0.2) is 0 Å². The van der Waals surface area contributed by atoms with Crippen LogP contribution in [0.15, 0.2) is 0 Å². The molecule has 0 spiro atoms. The Morgan fingerprint density at radius 2 is 2.00 bits per heavy atom. The molecule has 0 heterocycles. The lowest BCUT2D eigenvalue weighted by atomic mass is 9.96. The molecule has 4 heteroatoms. The van der Waals surface area contributed by atoms with Crippen LogP contribution in [0.3, 0.4) is 0 Å². The maximum atomic E-state index is 11.9. The van der Waals surface area contributed by atoms with Crippen LogP contribution >= 0.6 is 0 Å². The molecule has 1 amide bonds. The number of methoxy groups -OCH3 is 1. The summed E-state index contributed by atoms with van der Waals surface area (Å²) in [4.78, 5) is 11.9. The molecule has 1 aliphatic carbocycles. The van der Waals surface area contributed by atoms with Crippen LogP contribution in [0.25, 0.3) is 0 Å². The second-order valence-electron chi connectivity index (χ2n) is 5.38. The van der Waals surface area contributed by atoms with Crippen LogP contribution in [0.5, 0.6) is 0 Å². The topological polar surface area (TPSA) is 64.3 Å². The van der Waals surface area contributed by atoms with Crippen LogP contribution in [-0.2, 0) is 9.53 Å². The SMILES string of the molecule is COC(C)(C)CC(=O)NC1(CN)CCCC1. The molecule has 0 aromatic carbocycles. The van der Waals surface area contributed by atoms with Gasteiger partial charge in [-0.1, -0.05) is 12.8 Å². The zero-order chi connectivity index (χ0) is 12.2. The summed E-state index contributed by atoms with van der Waals surface area (Å²) < 4.78 is 5.25. The monoisotopic (exact) mass is 228 g/mol. The Kier molecular flexibility index (Phi) is 4.33. The van der Waals surface area contributed by atoms with E-state index in [1.165, 1.54) is 0 Å². The lowest BCUT2D eigenvalue weighted by Crippen LogP contribution is -2.52. The van der Waals surface area contributed by atoms with Gasteiger partial charge in [-0.2, -0.15) is 0 Å². The Hall–Kier alpha value is -0.610. The van der Waals surface area contributed by atoms with Crippen molar-refractivity contribution in [2.24, 2.45) is 5.73 Å². The smallest absolute Gasteiger partial charge is 0.223 e. The molecule has 0 saturated heterocycles. The predicted molar refractivity (Wildman–Crippen MR) is 64.1 cm³/mol. The van der Waals surface area contributed by atoms with Gasteiger partial charge < -0.3 is 15.8 Å². The largest absolute Gasteiger partial charge is 0.378 e. The predicted octanol–water partition coefficient (Wildman–Crippen LogP) is 1.19. The van der Waals surface area contributed by atoms with E-state index >= 15 is 0 Å². The van der Waals surface area contributed by atoms with Gasteiger partial charge in [0.2, 0.25) is 5.91 Å². The van der Waals surface area contributed by atoms with E-state index in [4.69, 9.17) is 10.5 Å². The van der Waals surface area contributed by atoms with Crippen molar-refractivity contribution in [2.45, 2.75) is 57.1 Å².